The molecule has 1 N–H and O–H groups in total. The first-order valence-corrected chi connectivity index (χ1v) is 11.3. The van der Waals surface area contributed by atoms with Crippen molar-refractivity contribution in [2.75, 3.05) is 6.61 Å². The van der Waals surface area contributed by atoms with E-state index in [0.29, 0.717) is 11.7 Å². The molecule has 1 atom stereocenters. The van der Waals surface area contributed by atoms with Crippen LogP contribution in [0.5, 0.6) is 11.5 Å². The summed E-state index contributed by atoms with van der Waals surface area (Å²) < 4.78 is 6.03. The third kappa shape index (κ3) is 6.14. The van der Waals surface area contributed by atoms with Crippen molar-refractivity contribution < 1.29 is 9.84 Å². The van der Waals surface area contributed by atoms with E-state index in [9.17, 15) is 5.11 Å². The Labute approximate surface area is 168 Å². The highest BCUT2D eigenvalue weighted by atomic mass is 32.1. The molecular formula is C24H34O2S. The minimum Gasteiger partial charge on any atom is -0.508 e. The fraction of sp³-hybridized carbons (Fsp3) is 0.500. The van der Waals surface area contributed by atoms with Gasteiger partial charge in [0.05, 0.1) is 6.61 Å². The van der Waals surface area contributed by atoms with Gasteiger partial charge in [-0.15, -0.1) is 11.3 Å². The summed E-state index contributed by atoms with van der Waals surface area (Å²) in [6, 6.07) is 10.1. The third-order valence-corrected chi connectivity index (χ3v) is 5.98. The molecule has 1 aromatic heterocycles. The number of ether oxygens (including phenoxy) is 1. The van der Waals surface area contributed by atoms with Crippen LogP contribution in [0.15, 0.2) is 42.0 Å². The smallest absolute Gasteiger partial charge is 0.123 e. The van der Waals surface area contributed by atoms with Crippen LogP contribution in [0.25, 0.3) is 0 Å². The van der Waals surface area contributed by atoms with E-state index in [1.54, 1.807) is 11.6 Å². The first kappa shape index (κ1) is 21.6. The van der Waals surface area contributed by atoms with Crippen LogP contribution in [0.2, 0.25) is 0 Å². The van der Waals surface area contributed by atoms with Gasteiger partial charge in [0, 0.05) is 28.2 Å². The molecule has 0 fully saturated rings. The zero-order valence-electron chi connectivity index (χ0n) is 17.3. The molecule has 27 heavy (non-hydrogen) atoms. The number of benzene rings is 1. The van der Waals surface area contributed by atoms with E-state index in [0.717, 1.165) is 24.3 Å². The Morgan fingerprint density at radius 1 is 1.00 bits per heavy atom. The molecular weight excluding hydrogens is 352 g/mol. The summed E-state index contributed by atoms with van der Waals surface area (Å²) in [5, 5.41) is 9.99. The lowest BCUT2D eigenvalue weighted by atomic mass is 9.97. The number of allylic oxidation sites excluding steroid dienone is 1. The van der Waals surface area contributed by atoms with Crippen molar-refractivity contribution in [2.24, 2.45) is 5.92 Å². The van der Waals surface area contributed by atoms with Gasteiger partial charge in [-0.3, -0.25) is 0 Å². The van der Waals surface area contributed by atoms with Gasteiger partial charge in [-0.05, 0) is 61.9 Å². The third-order valence-electron chi connectivity index (χ3n) is 4.83. The SMILES string of the molecule is CC.CC.Oc1cc2cc(c1)OCC1CCC=C1CCCc1ccc(s1)C2. The summed E-state index contributed by atoms with van der Waals surface area (Å²) in [5.41, 5.74) is 2.69. The van der Waals surface area contributed by atoms with Gasteiger partial charge < -0.3 is 9.84 Å². The highest BCUT2D eigenvalue weighted by molar-refractivity contribution is 7.12. The Bertz CT molecular complexity index is 730. The lowest BCUT2D eigenvalue weighted by Crippen LogP contribution is -2.12. The van der Waals surface area contributed by atoms with E-state index in [1.165, 1.54) is 41.9 Å². The van der Waals surface area contributed by atoms with Gasteiger partial charge in [0.15, 0.2) is 0 Å². The highest BCUT2D eigenvalue weighted by Gasteiger charge is 2.20. The fourth-order valence-electron chi connectivity index (χ4n) is 3.66. The average molecular weight is 387 g/mol. The lowest BCUT2D eigenvalue weighted by molar-refractivity contribution is 0.264. The minimum atomic E-state index is 0.295. The summed E-state index contributed by atoms with van der Waals surface area (Å²) in [6.45, 7) is 8.73. The van der Waals surface area contributed by atoms with Crippen molar-refractivity contribution in [3.05, 3.63) is 57.3 Å². The maximum Gasteiger partial charge on any atom is 0.123 e. The molecule has 0 radical (unpaired) electrons. The molecule has 1 aliphatic heterocycles. The summed E-state index contributed by atoms with van der Waals surface area (Å²) >= 11 is 1.90. The van der Waals surface area contributed by atoms with Gasteiger partial charge in [0.25, 0.3) is 0 Å². The van der Waals surface area contributed by atoms with Crippen molar-refractivity contribution in [1.82, 2.24) is 0 Å². The van der Waals surface area contributed by atoms with Crippen LogP contribution in [0.1, 0.15) is 68.7 Å². The van der Waals surface area contributed by atoms with E-state index >= 15 is 0 Å². The molecule has 4 bridgehead atoms. The number of rotatable bonds is 0. The van der Waals surface area contributed by atoms with Crippen molar-refractivity contribution in [3.8, 4) is 11.5 Å². The molecule has 1 aromatic carbocycles. The van der Waals surface area contributed by atoms with Crippen LogP contribution in [0.4, 0.5) is 0 Å². The molecule has 0 amide bonds. The molecule has 2 nitrogen and oxygen atoms in total. The molecule has 2 aliphatic rings. The van der Waals surface area contributed by atoms with Gasteiger partial charge in [-0.1, -0.05) is 39.3 Å². The zero-order valence-corrected chi connectivity index (χ0v) is 18.1. The topological polar surface area (TPSA) is 29.5 Å². The Kier molecular flexibility index (Phi) is 8.93. The number of hydrogen-bond acceptors (Lipinski definition) is 3. The molecule has 1 unspecified atom stereocenters. The van der Waals surface area contributed by atoms with Crippen LogP contribution in [-0.2, 0) is 12.8 Å². The molecule has 0 saturated carbocycles. The Balaban J connectivity index is 0.000000614. The Morgan fingerprint density at radius 3 is 2.59 bits per heavy atom. The van der Waals surface area contributed by atoms with Gasteiger partial charge >= 0.3 is 0 Å². The molecule has 1 aliphatic carbocycles. The monoisotopic (exact) mass is 386 g/mol. The second kappa shape index (κ2) is 11.2. The predicted molar refractivity (Wildman–Crippen MR) is 117 cm³/mol. The standard InChI is InChI=1S/C20H22O2S.2C2H6/c21-17-9-14-10-18(12-17)22-13-16-5-1-3-15(16)4-2-6-19-7-8-20(11-14)23-19;2*1-2/h3,7-10,12,16,21H,1-2,4-6,11,13H2;2*1-2H3. The molecule has 0 spiro atoms. The fourth-order valence-corrected chi connectivity index (χ4v) is 4.76. The number of aromatic hydroxyl groups is 1. The van der Waals surface area contributed by atoms with Crippen LogP contribution in [-0.4, -0.2) is 11.7 Å². The van der Waals surface area contributed by atoms with E-state index in [2.05, 4.69) is 24.3 Å². The average Bonchev–Trinajstić information content (AvgIpc) is 3.32. The van der Waals surface area contributed by atoms with Crippen molar-refractivity contribution >= 4 is 11.3 Å². The van der Waals surface area contributed by atoms with Gasteiger partial charge in [0.1, 0.15) is 11.5 Å². The quantitative estimate of drug-likeness (QED) is 0.487. The molecule has 148 valence electrons. The second-order valence-electron chi connectivity index (χ2n) is 6.60. The number of phenols is 1. The second-order valence-corrected chi connectivity index (χ2v) is 7.85. The predicted octanol–water partition coefficient (Wildman–Crippen LogP) is 7.15. The number of phenolic OH excluding ortho intramolecular Hbond substituents is 1. The number of hydrogen-bond donors (Lipinski definition) is 1. The van der Waals surface area contributed by atoms with Crippen LogP contribution in [0, 0.1) is 5.92 Å². The van der Waals surface area contributed by atoms with Gasteiger partial charge in [-0.2, -0.15) is 0 Å². The summed E-state index contributed by atoms with van der Waals surface area (Å²) in [5.74, 6) is 1.63. The number of aryl methyl sites for hydroxylation is 1. The summed E-state index contributed by atoms with van der Waals surface area (Å²) in [4.78, 5) is 2.83. The molecule has 3 heteroatoms. The highest BCUT2D eigenvalue weighted by Crippen LogP contribution is 2.33. The largest absolute Gasteiger partial charge is 0.508 e. The van der Waals surface area contributed by atoms with Crippen molar-refractivity contribution in [1.29, 1.82) is 0 Å². The normalized spacial score (nSPS) is 18.4. The van der Waals surface area contributed by atoms with Crippen LogP contribution >= 0.6 is 11.3 Å². The van der Waals surface area contributed by atoms with E-state index in [4.69, 9.17) is 4.74 Å². The minimum absolute atomic E-state index is 0.295. The van der Waals surface area contributed by atoms with E-state index in [-0.39, 0.29) is 0 Å². The molecule has 2 aromatic rings. The maximum atomic E-state index is 9.99. The molecule has 2 heterocycles. The first-order valence-electron chi connectivity index (χ1n) is 10.5. The number of thiophene rings is 1. The van der Waals surface area contributed by atoms with Gasteiger partial charge in [0.2, 0.25) is 0 Å². The van der Waals surface area contributed by atoms with Crippen LogP contribution < -0.4 is 4.74 Å². The van der Waals surface area contributed by atoms with Crippen molar-refractivity contribution in [2.45, 2.75) is 66.2 Å². The first-order chi connectivity index (χ1) is 13.3. The summed E-state index contributed by atoms with van der Waals surface area (Å²) in [7, 11) is 0. The van der Waals surface area contributed by atoms with Crippen molar-refractivity contribution in [3.63, 3.8) is 0 Å². The Hall–Kier alpha value is -1.74. The van der Waals surface area contributed by atoms with Crippen LogP contribution in [0.3, 0.4) is 0 Å². The number of fused-ring (bicyclic) bond motifs is 5. The Morgan fingerprint density at radius 2 is 1.78 bits per heavy atom. The lowest BCUT2D eigenvalue weighted by Gasteiger charge is -2.17. The maximum absolute atomic E-state index is 9.99. The zero-order chi connectivity index (χ0) is 19.6. The summed E-state index contributed by atoms with van der Waals surface area (Å²) in [6.07, 6.45) is 9.24. The van der Waals surface area contributed by atoms with Gasteiger partial charge in [-0.25, -0.2) is 0 Å². The van der Waals surface area contributed by atoms with E-state index < -0.39 is 0 Å². The molecule has 4 rings (SSSR count). The molecule has 0 saturated heterocycles. The van der Waals surface area contributed by atoms with E-state index in [1.807, 2.05) is 45.1 Å².